The molecule has 0 spiro atoms. The van der Waals surface area contributed by atoms with Crippen molar-refractivity contribution in [3.63, 3.8) is 0 Å². The number of ether oxygens (including phenoxy) is 1. The first-order valence-corrected chi connectivity index (χ1v) is 24.1. The van der Waals surface area contributed by atoms with Gasteiger partial charge in [0.2, 0.25) is 0 Å². The number of pyridine rings is 1. The zero-order chi connectivity index (χ0) is 48.8. The summed E-state index contributed by atoms with van der Waals surface area (Å²) < 4.78 is 11.2. The van der Waals surface area contributed by atoms with Crippen molar-refractivity contribution >= 4 is 21.8 Å². The van der Waals surface area contributed by atoms with Crippen molar-refractivity contribution in [3.8, 4) is 45.3 Å². The van der Waals surface area contributed by atoms with Gasteiger partial charge in [-0.25, -0.2) is 4.98 Å². The van der Waals surface area contributed by atoms with E-state index in [-0.39, 0.29) is 53.6 Å². The van der Waals surface area contributed by atoms with E-state index < -0.39 is 0 Å². The molecule has 0 saturated carbocycles. The first kappa shape index (κ1) is 50.6. The fourth-order valence-electron chi connectivity index (χ4n) is 8.87. The summed E-state index contributed by atoms with van der Waals surface area (Å²) in [6, 6.07) is 40.9. The van der Waals surface area contributed by atoms with E-state index in [1.165, 1.54) is 44.3 Å². The normalized spacial score (nSPS) is 13.0. The molecule has 0 amide bonds. The molecule has 8 aromatic rings. The molecule has 0 fully saturated rings. The van der Waals surface area contributed by atoms with Gasteiger partial charge in [0.15, 0.2) is 0 Å². The number of aromatic nitrogens is 4. The third-order valence-corrected chi connectivity index (χ3v) is 13.2. The molecule has 0 unspecified atom stereocenters. The molecule has 0 bridgehead atoms. The molecule has 6 heteroatoms. The zero-order valence-corrected chi connectivity index (χ0v) is 46.2. The molecule has 356 valence electrons. The summed E-state index contributed by atoms with van der Waals surface area (Å²) in [6.45, 7) is 40.8. The number of rotatable bonds is 6. The van der Waals surface area contributed by atoms with Crippen molar-refractivity contribution in [2.75, 3.05) is 0 Å². The molecular weight excluding hydrogens is 1010 g/mol. The van der Waals surface area contributed by atoms with Crippen LogP contribution < -0.4 is 4.74 Å². The molecule has 0 aliphatic heterocycles. The zero-order valence-electron chi connectivity index (χ0n) is 43.9. The standard InChI is InChI=1S/C62H72N4O.Pt/c1-57(2,3)42-22-19-21-39(27-42)48-34-56(63-37-52(48)62(16,17)18)66-53-26-25-43(58(4,5)6)31-49(53)50-33-51(61(13,14)15)55(35-54(50)66)67-47-24-20-23-46(32-47)65-38-41(36-64-65)40-28-44(59(7,8)9)30-45(29-40)60(10,11)12;/h19-31,33-34,36-38H,1-18H3;/q-2;+2. The largest absolute Gasteiger partial charge is 2.00 e. The van der Waals surface area contributed by atoms with Gasteiger partial charge in [0.05, 0.1) is 6.20 Å². The maximum atomic E-state index is 6.98. The average molecular weight is 1080 g/mol. The van der Waals surface area contributed by atoms with Gasteiger partial charge in [0, 0.05) is 35.0 Å². The average Bonchev–Trinajstić information content (AvgIpc) is 3.85. The Morgan fingerprint density at radius 1 is 0.485 bits per heavy atom. The van der Waals surface area contributed by atoms with Gasteiger partial charge in [-0.2, -0.15) is 17.2 Å². The van der Waals surface area contributed by atoms with E-state index in [1.54, 1.807) is 0 Å². The SMILES string of the molecule is CC(C)(C)c1cccc(-c2cc(-n3c4[c-]c(Oc5[c-]c(-n6cc(-c7cc(C(C)(C)C)cc(C(C)(C)C)c7)cn6)ccc5)c(C(C)(C)C)cc4c4cc(C(C)(C)C)ccc43)ncc2C(C)(C)C)c1.[Pt+2]. The maximum absolute atomic E-state index is 6.98. The maximum Gasteiger partial charge on any atom is 2.00 e. The minimum atomic E-state index is -0.268. The third-order valence-electron chi connectivity index (χ3n) is 13.2. The molecular formula is C62H72N4OPt. The molecule has 3 aromatic heterocycles. The van der Waals surface area contributed by atoms with Gasteiger partial charge in [-0.15, -0.1) is 35.2 Å². The first-order chi connectivity index (χ1) is 31.0. The minimum absolute atomic E-state index is 0. The van der Waals surface area contributed by atoms with Crippen molar-refractivity contribution in [2.45, 2.75) is 157 Å². The summed E-state index contributed by atoms with van der Waals surface area (Å²) in [5, 5.41) is 7.14. The molecule has 5 aromatic carbocycles. The summed E-state index contributed by atoms with van der Waals surface area (Å²) in [6.07, 6.45) is 6.13. The van der Waals surface area contributed by atoms with Gasteiger partial charge in [0.25, 0.3) is 0 Å². The summed E-state index contributed by atoms with van der Waals surface area (Å²) >= 11 is 0. The van der Waals surface area contributed by atoms with Crippen LogP contribution in [-0.4, -0.2) is 19.3 Å². The number of hydrogen-bond donors (Lipinski definition) is 0. The van der Waals surface area contributed by atoms with E-state index in [0.717, 1.165) is 44.6 Å². The Morgan fingerprint density at radius 2 is 1.07 bits per heavy atom. The number of nitrogens with zero attached hydrogens (tertiary/aromatic N) is 4. The Balaban J connectivity index is 0.00000684. The van der Waals surface area contributed by atoms with Crippen LogP contribution in [0.3, 0.4) is 0 Å². The molecule has 5 nitrogen and oxygen atoms in total. The molecule has 0 radical (unpaired) electrons. The Morgan fingerprint density at radius 3 is 1.68 bits per heavy atom. The molecule has 3 heterocycles. The topological polar surface area (TPSA) is 44.9 Å². The van der Waals surface area contributed by atoms with E-state index in [0.29, 0.717) is 11.5 Å². The van der Waals surface area contributed by atoms with E-state index in [2.05, 4.69) is 227 Å². The summed E-state index contributed by atoms with van der Waals surface area (Å²) in [7, 11) is 0. The Labute approximate surface area is 422 Å². The van der Waals surface area contributed by atoms with Crippen LogP contribution in [0, 0.1) is 12.1 Å². The molecule has 8 rings (SSSR count). The third kappa shape index (κ3) is 10.2. The summed E-state index contributed by atoms with van der Waals surface area (Å²) in [5.41, 5.74) is 14.4. The number of fused-ring (bicyclic) bond motifs is 3. The number of hydrogen-bond acceptors (Lipinski definition) is 3. The van der Waals surface area contributed by atoms with Crippen molar-refractivity contribution in [2.24, 2.45) is 0 Å². The van der Waals surface area contributed by atoms with Gasteiger partial charge < -0.3 is 9.30 Å². The minimum Gasteiger partial charge on any atom is -0.509 e. The Kier molecular flexibility index (Phi) is 13.1. The Bertz CT molecular complexity index is 3120. The second kappa shape index (κ2) is 17.6. The van der Waals surface area contributed by atoms with Gasteiger partial charge in [-0.05, 0) is 94.8 Å². The van der Waals surface area contributed by atoms with E-state index in [1.807, 2.05) is 29.1 Å². The van der Waals surface area contributed by atoms with Crippen LogP contribution in [0.4, 0.5) is 0 Å². The molecule has 0 N–H and O–H groups in total. The van der Waals surface area contributed by atoms with Gasteiger partial charge in [0.1, 0.15) is 5.82 Å². The van der Waals surface area contributed by atoms with Gasteiger partial charge >= 0.3 is 21.1 Å². The predicted octanol–water partition coefficient (Wildman–Crippen LogP) is 16.9. The van der Waals surface area contributed by atoms with Crippen LogP contribution in [0.1, 0.15) is 158 Å². The van der Waals surface area contributed by atoms with Crippen LogP contribution in [0.25, 0.3) is 55.6 Å². The van der Waals surface area contributed by atoms with Gasteiger partial charge in [-0.1, -0.05) is 190 Å². The van der Waals surface area contributed by atoms with E-state index >= 15 is 0 Å². The summed E-state index contributed by atoms with van der Waals surface area (Å²) in [4.78, 5) is 5.29. The van der Waals surface area contributed by atoms with Crippen LogP contribution in [0.5, 0.6) is 11.5 Å². The molecule has 0 saturated heterocycles. The first-order valence-electron chi connectivity index (χ1n) is 24.1. The van der Waals surface area contributed by atoms with Crippen molar-refractivity contribution in [1.82, 2.24) is 19.3 Å². The van der Waals surface area contributed by atoms with Crippen LogP contribution >= 0.6 is 0 Å². The fourth-order valence-corrected chi connectivity index (χ4v) is 8.87. The smallest absolute Gasteiger partial charge is 0.509 e. The van der Waals surface area contributed by atoms with Crippen LogP contribution in [0.2, 0.25) is 0 Å². The predicted molar refractivity (Wildman–Crippen MR) is 283 cm³/mol. The molecule has 0 atom stereocenters. The van der Waals surface area contributed by atoms with Crippen molar-refractivity contribution < 1.29 is 25.8 Å². The molecule has 0 aliphatic rings. The van der Waals surface area contributed by atoms with Crippen LogP contribution in [0.15, 0.2) is 110 Å². The Hall–Kier alpha value is -5.25. The van der Waals surface area contributed by atoms with Crippen LogP contribution in [-0.2, 0) is 53.6 Å². The van der Waals surface area contributed by atoms with Crippen molar-refractivity contribution in [3.05, 3.63) is 155 Å². The second-order valence-corrected chi connectivity index (χ2v) is 25.0. The monoisotopic (exact) mass is 1080 g/mol. The van der Waals surface area contributed by atoms with E-state index in [4.69, 9.17) is 14.8 Å². The van der Waals surface area contributed by atoms with Crippen molar-refractivity contribution in [1.29, 1.82) is 0 Å². The van der Waals surface area contributed by atoms with Gasteiger partial charge in [-0.3, -0.25) is 4.68 Å². The number of benzene rings is 5. The van der Waals surface area contributed by atoms with E-state index in [9.17, 15) is 0 Å². The summed E-state index contributed by atoms with van der Waals surface area (Å²) in [5.74, 6) is 2.09. The second-order valence-electron chi connectivity index (χ2n) is 25.0. The molecule has 0 aliphatic carbocycles. The fraction of sp³-hybridized carbons (Fsp3) is 0.387. The molecule has 68 heavy (non-hydrogen) atoms. The quantitative estimate of drug-likeness (QED) is 0.156.